The van der Waals surface area contributed by atoms with Crippen molar-refractivity contribution in [3.63, 3.8) is 0 Å². The minimum Gasteiger partial charge on any atom is -0.398 e. The van der Waals surface area contributed by atoms with Gasteiger partial charge in [-0.3, -0.25) is 4.98 Å². The van der Waals surface area contributed by atoms with Gasteiger partial charge in [0.1, 0.15) is 5.03 Å². The first-order valence-corrected chi connectivity index (χ1v) is 6.37. The average Bonchev–Trinajstić information content (AvgIpc) is 2.44. The third-order valence-electron chi connectivity index (χ3n) is 2.66. The van der Waals surface area contributed by atoms with E-state index in [0.29, 0.717) is 0 Å². The molecule has 0 bridgehead atoms. The average molecular weight is 253 g/mol. The van der Waals surface area contributed by atoms with Crippen molar-refractivity contribution in [3.05, 3.63) is 55.0 Å². The molecular formula is C14H11N3S. The number of fused-ring (bicyclic) bond motifs is 1. The quantitative estimate of drug-likeness (QED) is 0.711. The molecule has 18 heavy (non-hydrogen) atoms. The van der Waals surface area contributed by atoms with Crippen LogP contribution in [0.4, 0.5) is 5.69 Å². The lowest BCUT2D eigenvalue weighted by Gasteiger charge is -2.07. The van der Waals surface area contributed by atoms with E-state index in [0.717, 1.165) is 26.4 Å². The summed E-state index contributed by atoms with van der Waals surface area (Å²) >= 11 is 1.63. The minimum atomic E-state index is 0.753. The standard InChI is InChI=1S/C14H11N3S/c15-12-4-5-13(10-6-8-16-9-11(10)12)18-14-3-1-2-7-17-14/h1-9H,15H2. The van der Waals surface area contributed by atoms with E-state index >= 15 is 0 Å². The van der Waals surface area contributed by atoms with Gasteiger partial charge in [-0.1, -0.05) is 17.8 Å². The molecule has 0 aliphatic carbocycles. The molecule has 0 aliphatic rings. The predicted molar refractivity (Wildman–Crippen MR) is 74.5 cm³/mol. The van der Waals surface area contributed by atoms with E-state index in [2.05, 4.69) is 9.97 Å². The molecule has 0 aliphatic heterocycles. The van der Waals surface area contributed by atoms with Crippen LogP contribution in [0.1, 0.15) is 0 Å². The molecule has 3 nitrogen and oxygen atoms in total. The van der Waals surface area contributed by atoms with E-state index in [4.69, 9.17) is 5.73 Å². The fraction of sp³-hybridized carbons (Fsp3) is 0. The van der Waals surface area contributed by atoms with Crippen LogP contribution in [-0.4, -0.2) is 9.97 Å². The number of anilines is 1. The van der Waals surface area contributed by atoms with E-state index in [1.165, 1.54) is 0 Å². The number of nitrogens with two attached hydrogens (primary N) is 1. The van der Waals surface area contributed by atoms with Crippen molar-refractivity contribution < 1.29 is 0 Å². The largest absolute Gasteiger partial charge is 0.398 e. The van der Waals surface area contributed by atoms with E-state index in [9.17, 15) is 0 Å². The summed E-state index contributed by atoms with van der Waals surface area (Å²) in [5, 5.41) is 3.07. The molecule has 0 saturated carbocycles. The maximum absolute atomic E-state index is 5.95. The summed E-state index contributed by atoms with van der Waals surface area (Å²) in [6, 6.07) is 11.8. The molecule has 88 valence electrons. The number of hydrogen-bond acceptors (Lipinski definition) is 4. The first-order chi connectivity index (χ1) is 8.84. The molecule has 0 unspecified atom stereocenters. The Labute approximate surface area is 109 Å². The van der Waals surface area contributed by atoms with Gasteiger partial charge in [-0.25, -0.2) is 4.98 Å². The van der Waals surface area contributed by atoms with Crippen LogP contribution in [0, 0.1) is 0 Å². The Bertz CT molecular complexity index is 683. The first kappa shape index (κ1) is 11.0. The van der Waals surface area contributed by atoms with Crippen molar-refractivity contribution in [1.29, 1.82) is 0 Å². The van der Waals surface area contributed by atoms with Gasteiger partial charge in [-0.2, -0.15) is 0 Å². The lowest BCUT2D eigenvalue weighted by atomic mass is 10.1. The smallest absolute Gasteiger partial charge is 0.101 e. The molecule has 3 rings (SSSR count). The minimum absolute atomic E-state index is 0.753. The number of aromatic nitrogens is 2. The van der Waals surface area contributed by atoms with Gasteiger partial charge in [0.15, 0.2) is 0 Å². The summed E-state index contributed by atoms with van der Waals surface area (Å²) in [5.41, 5.74) is 6.71. The fourth-order valence-electron chi connectivity index (χ4n) is 1.79. The fourth-order valence-corrected chi connectivity index (χ4v) is 2.70. The second-order valence-corrected chi connectivity index (χ2v) is 4.91. The Balaban J connectivity index is 2.10. The van der Waals surface area contributed by atoms with Crippen molar-refractivity contribution in [2.75, 3.05) is 5.73 Å². The highest BCUT2D eigenvalue weighted by Gasteiger charge is 2.06. The number of rotatable bonds is 2. The van der Waals surface area contributed by atoms with Gasteiger partial charge >= 0.3 is 0 Å². The zero-order valence-electron chi connectivity index (χ0n) is 9.58. The third kappa shape index (κ3) is 2.02. The third-order valence-corrected chi connectivity index (χ3v) is 3.69. The van der Waals surface area contributed by atoms with Gasteiger partial charge < -0.3 is 5.73 Å². The van der Waals surface area contributed by atoms with Gasteiger partial charge in [0.05, 0.1) is 0 Å². The molecular weight excluding hydrogens is 242 g/mol. The summed E-state index contributed by atoms with van der Waals surface area (Å²) in [6.07, 6.45) is 5.38. The summed E-state index contributed by atoms with van der Waals surface area (Å²) in [7, 11) is 0. The van der Waals surface area contributed by atoms with E-state index in [1.54, 1.807) is 30.4 Å². The molecule has 2 heterocycles. The molecule has 0 amide bonds. The van der Waals surface area contributed by atoms with Crippen LogP contribution in [0.3, 0.4) is 0 Å². The number of hydrogen-bond donors (Lipinski definition) is 1. The second-order valence-electron chi connectivity index (χ2n) is 3.84. The van der Waals surface area contributed by atoms with Crippen LogP contribution in [0.25, 0.3) is 10.8 Å². The summed E-state index contributed by atoms with van der Waals surface area (Å²) < 4.78 is 0. The summed E-state index contributed by atoms with van der Waals surface area (Å²) in [6.45, 7) is 0. The Kier molecular flexibility index (Phi) is 2.86. The second kappa shape index (κ2) is 4.66. The first-order valence-electron chi connectivity index (χ1n) is 5.56. The van der Waals surface area contributed by atoms with Crippen LogP contribution >= 0.6 is 11.8 Å². The maximum Gasteiger partial charge on any atom is 0.101 e. The maximum atomic E-state index is 5.95. The van der Waals surface area contributed by atoms with E-state index in [-0.39, 0.29) is 0 Å². The van der Waals surface area contributed by atoms with Gasteiger partial charge in [0.2, 0.25) is 0 Å². The van der Waals surface area contributed by atoms with Crippen molar-refractivity contribution in [2.45, 2.75) is 9.92 Å². The highest BCUT2D eigenvalue weighted by atomic mass is 32.2. The monoisotopic (exact) mass is 253 g/mol. The topological polar surface area (TPSA) is 51.8 Å². The lowest BCUT2D eigenvalue weighted by Crippen LogP contribution is -1.89. The van der Waals surface area contributed by atoms with Gasteiger partial charge in [0.25, 0.3) is 0 Å². The van der Waals surface area contributed by atoms with Gasteiger partial charge in [-0.05, 0) is 30.3 Å². The molecule has 0 fully saturated rings. The number of benzene rings is 1. The zero-order valence-corrected chi connectivity index (χ0v) is 10.4. The Morgan fingerprint density at radius 1 is 0.944 bits per heavy atom. The molecule has 2 N–H and O–H groups in total. The Morgan fingerprint density at radius 3 is 2.72 bits per heavy atom. The molecule has 0 saturated heterocycles. The molecule has 1 aromatic carbocycles. The molecule has 0 atom stereocenters. The zero-order chi connectivity index (χ0) is 12.4. The van der Waals surface area contributed by atoms with Gasteiger partial charge in [0, 0.05) is 39.9 Å². The Morgan fingerprint density at radius 2 is 1.89 bits per heavy atom. The predicted octanol–water partition coefficient (Wildman–Crippen LogP) is 3.36. The van der Waals surface area contributed by atoms with Crippen molar-refractivity contribution in [1.82, 2.24) is 9.97 Å². The summed E-state index contributed by atoms with van der Waals surface area (Å²) in [4.78, 5) is 9.58. The van der Waals surface area contributed by atoms with Crippen molar-refractivity contribution >= 4 is 28.2 Å². The highest BCUT2D eigenvalue weighted by molar-refractivity contribution is 7.99. The van der Waals surface area contributed by atoms with Crippen LogP contribution < -0.4 is 5.73 Å². The van der Waals surface area contributed by atoms with Crippen LogP contribution in [0.2, 0.25) is 0 Å². The van der Waals surface area contributed by atoms with Crippen LogP contribution in [0.5, 0.6) is 0 Å². The van der Waals surface area contributed by atoms with Crippen LogP contribution in [-0.2, 0) is 0 Å². The molecule has 4 heteroatoms. The van der Waals surface area contributed by atoms with Crippen molar-refractivity contribution in [3.8, 4) is 0 Å². The van der Waals surface area contributed by atoms with Gasteiger partial charge in [-0.15, -0.1) is 0 Å². The van der Waals surface area contributed by atoms with Crippen LogP contribution in [0.15, 0.2) is 64.9 Å². The van der Waals surface area contributed by atoms with E-state index in [1.807, 2.05) is 36.4 Å². The van der Waals surface area contributed by atoms with E-state index < -0.39 is 0 Å². The number of nitrogen functional groups attached to an aromatic ring is 1. The summed E-state index contributed by atoms with van der Waals surface area (Å²) in [5.74, 6) is 0. The molecule has 3 aromatic rings. The molecule has 0 spiro atoms. The highest BCUT2D eigenvalue weighted by Crippen LogP contribution is 2.34. The number of nitrogens with zero attached hydrogens (tertiary/aromatic N) is 2. The number of pyridine rings is 2. The normalized spacial score (nSPS) is 10.7. The lowest BCUT2D eigenvalue weighted by molar-refractivity contribution is 1.13. The Hall–Kier alpha value is -2.07. The molecule has 2 aromatic heterocycles. The SMILES string of the molecule is Nc1ccc(Sc2ccccn2)c2ccncc12. The van der Waals surface area contributed by atoms with Crippen molar-refractivity contribution in [2.24, 2.45) is 0 Å². The molecule has 0 radical (unpaired) electrons.